The van der Waals surface area contributed by atoms with E-state index in [-0.39, 0.29) is 12.2 Å². The molecule has 1 aliphatic rings. The number of aliphatic imine (C=N–C) groups is 1. The van der Waals surface area contributed by atoms with Crippen molar-refractivity contribution in [2.24, 2.45) is 4.99 Å². The molecule has 1 aromatic rings. The molecule has 20 heavy (non-hydrogen) atoms. The first-order valence-corrected chi connectivity index (χ1v) is 6.45. The van der Waals surface area contributed by atoms with Crippen molar-refractivity contribution >= 4 is 17.5 Å². The summed E-state index contributed by atoms with van der Waals surface area (Å²) >= 11 is 0. The van der Waals surface area contributed by atoms with E-state index in [0.717, 1.165) is 11.1 Å². The number of nitrogens with zero attached hydrogens (tertiary/aromatic N) is 1. The van der Waals surface area contributed by atoms with Gasteiger partial charge in [-0.25, -0.2) is 0 Å². The van der Waals surface area contributed by atoms with Gasteiger partial charge in [0.1, 0.15) is 5.71 Å². The van der Waals surface area contributed by atoms with Gasteiger partial charge in [0.05, 0.1) is 12.0 Å². The molecule has 0 bridgehead atoms. The van der Waals surface area contributed by atoms with Crippen molar-refractivity contribution in [3.05, 3.63) is 47.0 Å². The zero-order valence-corrected chi connectivity index (χ0v) is 11.8. The number of carbonyl (C=O) groups is 2. The fourth-order valence-electron chi connectivity index (χ4n) is 2.41. The number of carboxylic acid groups (broad SMARTS) is 1. The zero-order valence-electron chi connectivity index (χ0n) is 11.8. The minimum Gasteiger partial charge on any atom is -0.481 e. The molecule has 0 radical (unpaired) electrons. The van der Waals surface area contributed by atoms with E-state index in [9.17, 15) is 9.59 Å². The van der Waals surface area contributed by atoms with Gasteiger partial charge in [-0.15, -0.1) is 0 Å². The third kappa shape index (κ3) is 2.41. The summed E-state index contributed by atoms with van der Waals surface area (Å²) in [7, 11) is 0. The molecule has 0 spiro atoms. The Balaban J connectivity index is 2.41. The second kappa shape index (κ2) is 5.04. The lowest BCUT2D eigenvalue weighted by Gasteiger charge is -2.20. The van der Waals surface area contributed by atoms with Crippen molar-refractivity contribution in [3.8, 4) is 0 Å². The summed E-state index contributed by atoms with van der Waals surface area (Å²) in [6.07, 6.45) is -0.109. The molecule has 1 unspecified atom stereocenters. The van der Waals surface area contributed by atoms with Crippen LogP contribution in [0.2, 0.25) is 0 Å². The van der Waals surface area contributed by atoms with E-state index in [4.69, 9.17) is 5.11 Å². The van der Waals surface area contributed by atoms with Crippen LogP contribution in [-0.2, 0) is 4.79 Å². The standard InChI is InChI=1S/C16H17NO3/c1-10-11(2)16(3,9-13(18)19)17-14(10)15(20)12-7-5-4-6-8-12/h4-8H,9H2,1-3H3,(H,18,19). The summed E-state index contributed by atoms with van der Waals surface area (Å²) < 4.78 is 0. The Morgan fingerprint density at radius 1 is 1.20 bits per heavy atom. The molecule has 0 saturated heterocycles. The van der Waals surface area contributed by atoms with Gasteiger partial charge in [0.15, 0.2) is 0 Å². The first-order chi connectivity index (χ1) is 9.35. The number of hydrogen-bond donors (Lipinski definition) is 1. The summed E-state index contributed by atoms with van der Waals surface area (Å²) in [5.74, 6) is -1.08. The second-order valence-corrected chi connectivity index (χ2v) is 5.25. The van der Waals surface area contributed by atoms with Crippen LogP contribution >= 0.6 is 0 Å². The van der Waals surface area contributed by atoms with E-state index < -0.39 is 11.5 Å². The Labute approximate surface area is 117 Å². The van der Waals surface area contributed by atoms with Gasteiger partial charge >= 0.3 is 5.97 Å². The van der Waals surface area contributed by atoms with Crippen LogP contribution in [0.4, 0.5) is 0 Å². The number of allylic oxidation sites excluding steroid dienone is 1. The topological polar surface area (TPSA) is 66.7 Å². The zero-order chi connectivity index (χ0) is 14.9. The van der Waals surface area contributed by atoms with E-state index >= 15 is 0 Å². The number of Topliss-reactive ketones (excluding diaryl/α,β-unsaturated/α-hetero) is 1. The molecule has 4 nitrogen and oxygen atoms in total. The molecular formula is C16H17NO3. The molecule has 0 saturated carbocycles. The van der Waals surface area contributed by atoms with Crippen molar-refractivity contribution in [1.82, 2.24) is 0 Å². The van der Waals surface area contributed by atoms with E-state index in [1.807, 2.05) is 19.9 Å². The van der Waals surface area contributed by atoms with Crippen LogP contribution < -0.4 is 0 Å². The number of carboxylic acids is 1. The van der Waals surface area contributed by atoms with Gasteiger partial charge < -0.3 is 5.11 Å². The van der Waals surface area contributed by atoms with Crippen LogP contribution in [0.15, 0.2) is 46.5 Å². The summed E-state index contributed by atoms with van der Waals surface area (Å²) in [5, 5.41) is 9.01. The number of aliphatic carboxylic acids is 1. The maximum atomic E-state index is 12.5. The van der Waals surface area contributed by atoms with E-state index in [1.54, 1.807) is 31.2 Å². The molecule has 1 heterocycles. The van der Waals surface area contributed by atoms with Gasteiger partial charge in [-0.2, -0.15) is 0 Å². The molecule has 104 valence electrons. The minimum absolute atomic E-state index is 0.109. The average Bonchev–Trinajstić information content (AvgIpc) is 2.63. The lowest BCUT2D eigenvalue weighted by molar-refractivity contribution is -0.137. The molecular weight excluding hydrogens is 254 g/mol. The average molecular weight is 271 g/mol. The minimum atomic E-state index is -0.920. The van der Waals surface area contributed by atoms with Gasteiger partial charge in [-0.1, -0.05) is 30.3 Å². The second-order valence-electron chi connectivity index (χ2n) is 5.25. The molecule has 1 atom stereocenters. The molecule has 4 heteroatoms. The Morgan fingerprint density at radius 2 is 1.80 bits per heavy atom. The number of rotatable bonds is 4. The van der Waals surface area contributed by atoms with Crippen molar-refractivity contribution in [1.29, 1.82) is 0 Å². The smallest absolute Gasteiger partial charge is 0.306 e. The van der Waals surface area contributed by atoms with Crippen molar-refractivity contribution in [2.75, 3.05) is 0 Å². The molecule has 0 aromatic heterocycles. The normalized spacial score (nSPS) is 21.9. The first kappa shape index (κ1) is 14.2. The van der Waals surface area contributed by atoms with Gasteiger partial charge in [0.2, 0.25) is 5.78 Å². The third-order valence-corrected chi connectivity index (χ3v) is 3.83. The maximum Gasteiger partial charge on any atom is 0.306 e. The van der Waals surface area contributed by atoms with Gasteiger partial charge in [-0.05, 0) is 31.9 Å². The number of hydrogen-bond acceptors (Lipinski definition) is 3. The largest absolute Gasteiger partial charge is 0.481 e. The fourth-order valence-corrected chi connectivity index (χ4v) is 2.41. The van der Waals surface area contributed by atoms with Crippen molar-refractivity contribution < 1.29 is 14.7 Å². The quantitative estimate of drug-likeness (QED) is 0.856. The monoisotopic (exact) mass is 271 g/mol. The number of carbonyl (C=O) groups excluding carboxylic acids is 1. The van der Waals surface area contributed by atoms with Gasteiger partial charge in [-0.3, -0.25) is 14.6 Å². The number of ketones is 1. The summed E-state index contributed by atoms with van der Waals surface area (Å²) in [4.78, 5) is 27.9. The van der Waals surface area contributed by atoms with Crippen LogP contribution in [0, 0.1) is 0 Å². The molecule has 0 fully saturated rings. The van der Waals surface area contributed by atoms with E-state index in [2.05, 4.69) is 4.99 Å². The Morgan fingerprint density at radius 3 is 2.35 bits per heavy atom. The summed E-state index contributed by atoms with van der Waals surface area (Å²) in [5.41, 5.74) is 1.74. The predicted octanol–water partition coefficient (Wildman–Crippen LogP) is 2.89. The molecule has 1 aromatic carbocycles. The Bertz CT molecular complexity index is 628. The Hall–Kier alpha value is -2.23. The lowest BCUT2D eigenvalue weighted by atomic mass is 9.89. The van der Waals surface area contributed by atoms with Crippen LogP contribution in [0.1, 0.15) is 37.6 Å². The molecule has 2 rings (SSSR count). The van der Waals surface area contributed by atoms with E-state index in [1.165, 1.54) is 0 Å². The highest BCUT2D eigenvalue weighted by Crippen LogP contribution is 2.35. The van der Waals surface area contributed by atoms with E-state index in [0.29, 0.717) is 11.3 Å². The van der Waals surface area contributed by atoms with Crippen LogP contribution in [-0.4, -0.2) is 28.1 Å². The summed E-state index contributed by atoms with van der Waals surface area (Å²) in [6.45, 7) is 5.42. The molecule has 1 aliphatic heterocycles. The lowest BCUT2D eigenvalue weighted by Crippen LogP contribution is -2.25. The number of benzene rings is 1. The van der Waals surface area contributed by atoms with Gasteiger partial charge in [0.25, 0.3) is 0 Å². The highest BCUT2D eigenvalue weighted by atomic mass is 16.4. The third-order valence-electron chi connectivity index (χ3n) is 3.83. The molecule has 1 N–H and O–H groups in total. The highest BCUT2D eigenvalue weighted by Gasteiger charge is 2.38. The Kier molecular flexibility index (Phi) is 3.57. The molecule has 0 aliphatic carbocycles. The highest BCUT2D eigenvalue weighted by molar-refractivity contribution is 6.52. The fraction of sp³-hybridized carbons (Fsp3) is 0.312. The van der Waals surface area contributed by atoms with Crippen molar-refractivity contribution in [3.63, 3.8) is 0 Å². The molecule has 0 amide bonds. The predicted molar refractivity (Wildman–Crippen MR) is 77.2 cm³/mol. The first-order valence-electron chi connectivity index (χ1n) is 6.45. The van der Waals surface area contributed by atoms with Crippen LogP contribution in [0.25, 0.3) is 0 Å². The van der Waals surface area contributed by atoms with Crippen LogP contribution in [0.3, 0.4) is 0 Å². The van der Waals surface area contributed by atoms with Gasteiger partial charge in [0, 0.05) is 5.56 Å². The maximum absolute atomic E-state index is 12.5. The summed E-state index contributed by atoms with van der Waals surface area (Å²) in [6, 6.07) is 8.91. The van der Waals surface area contributed by atoms with Crippen molar-refractivity contribution in [2.45, 2.75) is 32.7 Å². The van der Waals surface area contributed by atoms with Crippen LogP contribution in [0.5, 0.6) is 0 Å². The SMILES string of the molecule is CC1=C(C)C(C)(CC(=O)O)N=C1C(=O)c1ccccc1.